The molecule has 0 amide bonds. The molecule has 0 saturated heterocycles. The van der Waals surface area contributed by atoms with Crippen LogP contribution in [-0.4, -0.2) is 11.6 Å². The van der Waals surface area contributed by atoms with E-state index in [2.05, 4.69) is 10.3 Å². The summed E-state index contributed by atoms with van der Waals surface area (Å²) in [6.45, 7) is 4.34. The summed E-state index contributed by atoms with van der Waals surface area (Å²) in [5, 5.41) is 3.63. The molecular weight excluding hydrogens is 314 g/mol. The lowest BCUT2D eigenvalue weighted by atomic mass is 10.1. The van der Waals surface area contributed by atoms with Crippen molar-refractivity contribution in [1.29, 1.82) is 0 Å². The smallest absolute Gasteiger partial charge is 0.213 e. The maximum atomic E-state index is 13.5. The van der Waals surface area contributed by atoms with E-state index >= 15 is 0 Å². The number of hydrogen-bond donors (Lipinski definition) is 1. The summed E-state index contributed by atoms with van der Waals surface area (Å²) in [5.74, 6) is 0.0702. The third-order valence-corrected chi connectivity index (χ3v) is 3.53. The van der Waals surface area contributed by atoms with Crippen molar-refractivity contribution < 1.29 is 9.13 Å². The maximum Gasteiger partial charge on any atom is 0.213 e. The van der Waals surface area contributed by atoms with Gasteiger partial charge in [-0.2, -0.15) is 0 Å². The second kappa shape index (κ2) is 6.96. The van der Waals surface area contributed by atoms with Crippen LogP contribution in [0.15, 0.2) is 30.5 Å². The van der Waals surface area contributed by atoms with Crippen LogP contribution >= 0.6 is 23.2 Å². The van der Waals surface area contributed by atoms with E-state index in [4.69, 9.17) is 27.9 Å². The Balaban J connectivity index is 2.14. The minimum atomic E-state index is -0.491. The van der Waals surface area contributed by atoms with Gasteiger partial charge in [0, 0.05) is 11.1 Å². The Bertz CT molecular complexity index is 620. The van der Waals surface area contributed by atoms with E-state index in [9.17, 15) is 4.39 Å². The summed E-state index contributed by atoms with van der Waals surface area (Å²) < 4.78 is 18.8. The fraction of sp³-hybridized carbons (Fsp3) is 0.267. The van der Waals surface area contributed by atoms with Gasteiger partial charge in [0.25, 0.3) is 0 Å². The average molecular weight is 329 g/mol. The summed E-state index contributed by atoms with van der Waals surface area (Å²) in [5.41, 5.74) is 1.42. The van der Waals surface area contributed by atoms with Gasteiger partial charge < -0.3 is 10.1 Å². The first-order valence-electron chi connectivity index (χ1n) is 6.51. The van der Waals surface area contributed by atoms with E-state index in [1.54, 1.807) is 12.3 Å². The van der Waals surface area contributed by atoms with E-state index in [1.807, 2.05) is 19.9 Å². The quantitative estimate of drug-likeness (QED) is 0.775. The minimum Gasteiger partial charge on any atom is -0.478 e. The van der Waals surface area contributed by atoms with Gasteiger partial charge >= 0.3 is 0 Å². The fourth-order valence-corrected chi connectivity index (χ4v) is 2.44. The van der Waals surface area contributed by atoms with Gasteiger partial charge in [-0.3, -0.25) is 0 Å². The first-order valence-corrected chi connectivity index (χ1v) is 7.26. The number of halogens is 3. The molecule has 0 aliphatic heterocycles. The van der Waals surface area contributed by atoms with Crippen LogP contribution in [0.1, 0.15) is 25.5 Å². The maximum absolute atomic E-state index is 13.5. The molecule has 0 fully saturated rings. The molecule has 1 aromatic heterocycles. The van der Waals surface area contributed by atoms with E-state index in [1.165, 1.54) is 12.1 Å². The van der Waals surface area contributed by atoms with E-state index in [0.29, 0.717) is 23.1 Å². The van der Waals surface area contributed by atoms with Gasteiger partial charge in [-0.05, 0) is 37.6 Å². The molecule has 112 valence electrons. The van der Waals surface area contributed by atoms with Gasteiger partial charge in [-0.1, -0.05) is 23.2 Å². The highest BCUT2D eigenvalue weighted by molar-refractivity contribution is 6.35. The fourth-order valence-electron chi connectivity index (χ4n) is 1.90. The first-order chi connectivity index (χ1) is 10.0. The molecule has 3 nitrogen and oxygen atoms in total. The number of ether oxygens (including phenoxy) is 1. The molecule has 1 N–H and O–H groups in total. The topological polar surface area (TPSA) is 34.1 Å². The van der Waals surface area contributed by atoms with E-state index in [-0.39, 0.29) is 11.1 Å². The summed E-state index contributed by atoms with van der Waals surface area (Å²) in [7, 11) is 0. The lowest BCUT2D eigenvalue weighted by Gasteiger charge is -2.17. The largest absolute Gasteiger partial charge is 0.478 e. The third kappa shape index (κ3) is 3.99. The van der Waals surface area contributed by atoms with Crippen molar-refractivity contribution in [3.8, 4) is 5.88 Å². The van der Waals surface area contributed by atoms with Crippen molar-refractivity contribution in [2.45, 2.75) is 19.9 Å². The van der Waals surface area contributed by atoms with Crippen LogP contribution in [0.2, 0.25) is 10.0 Å². The highest BCUT2D eigenvalue weighted by Gasteiger charge is 2.13. The predicted octanol–water partition coefficient (Wildman–Crippen LogP) is 5.10. The normalized spacial score (nSPS) is 12.0. The second-order valence-electron chi connectivity index (χ2n) is 4.47. The number of aromatic nitrogens is 1. The third-order valence-electron chi connectivity index (χ3n) is 2.92. The van der Waals surface area contributed by atoms with Crippen LogP contribution in [-0.2, 0) is 0 Å². The molecule has 0 radical (unpaired) electrons. The van der Waals surface area contributed by atoms with Gasteiger partial charge in [-0.15, -0.1) is 0 Å². The second-order valence-corrected chi connectivity index (χ2v) is 5.29. The van der Waals surface area contributed by atoms with Crippen LogP contribution in [0.5, 0.6) is 5.88 Å². The van der Waals surface area contributed by atoms with Crippen molar-refractivity contribution in [3.05, 3.63) is 51.9 Å². The Hall–Kier alpha value is -1.52. The van der Waals surface area contributed by atoms with Crippen molar-refractivity contribution in [2.24, 2.45) is 0 Å². The van der Waals surface area contributed by atoms with E-state index in [0.717, 1.165) is 5.69 Å². The molecule has 2 aromatic rings. The lowest BCUT2D eigenvalue weighted by Crippen LogP contribution is -2.08. The lowest BCUT2D eigenvalue weighted by molar-refractivity contribution is 0.327. The molecule has 1 aromatic carbocycles. The van der Waals surface area contributed by atoms with Crippen LogP contribution in [0, 0.1) is 5.82 Å². The molecule has 0 spiro atoms. The van der Waals surface area contributed by atoms with Crippen LogP contribution in [0.25, 0.3) is 0 Å². The average Bonchev–Trinajstić information content (AvgIpc) is 2.45. The highest BCUT2D eigenvalue weighted by Crippen LogP contribution is 2.30. The molecule has 1 atom stereocenters. The van der Waals surface area contributed by atoms with Gasteiger partial charge in [0.2, 0.25) is 5.88 Å². The highest BCUT2D eigenvalue weighted by atomic mass is 35.5. The molecule has 0 saturated carbocycles. The standard InChI is InChI=1S/C15H15Cl2FN2O/c1-3-21-15-5-4-10(8-19-15)20-9(2)11-6-14(18)13(17)7-12(11)16/h4-9,20H,3H2,1-2H3. The number of pyridine rings is 1. The number of nitrogens with zero attached hydrogens (tertiary/aromatic N) is 1. The summed E-state index contributed by atoms with van der Waals surface area (Å²) in [6.07, 6.45) is 1.65. The van der Waals surface area contributed by atoms with Crippen molar-refractivity contribution in [2.75, 3.05) is 11.9 Å². The summed E-state index contributed by atoms with van der Waals surface area (Å²) in [6, 6.07) is 6.16. The Labute approximate surface area is 133 Å². The van der Waals surface area contributed by atoms with Crippen LogP contribution in [0.3, 0.4) is 0 Å². The molecule has 6 heteroatoms. The molecule has 0 bridgehead atoms. The first kappa shape index (κ1) is 15.9. The number of rotatable bonds is 5. The summed E-state index contributed by atoms with van der Waals surface area (Å²) in [4.78, 5) is 4.16. The summed E-state index contributed by atoms with van der Waals surface area (Å²) >= 11 is 11.8. The molecule has 1 heterocycles. The van der Waals surface area contributed by atoms with Gasteiger partial charge in [0.1, 0.15) is 5.82 Å². The zero-order chi connectivity index (χ0) is 15.4. The molecule has 2 rings (SSSR count). The number of nitrogens with one attached hydrogen (secondary N) is 1. The predicted molar refractivity (Wildman–Crippen MR) is 83.9 cm³/mol. The molecule has 21 heavy (non-hydrogen) atoms. The van der Waals surface area contributed by atoms with Gasteiger partial charge in [-0.25, -0.2) is 9.37 Å². The Kier molecular flexibility index (Phi) is 5.26. The zero-order valence-corrected chi connectivity index (χ0v) is 13.2. The molecule has 1 unspecified atom stereocenters. The SMILES string of the molecule is CCOc1ccc(NC(C)c2cc(F)c(Cl)cc2Cl)cn1. The van der Waals surface area contributed by atoms with Crippen molar-refractivity contribution in [3.63, 3.8) is 0 Å². The Morgan fingerprint density at radius 3 is 2.67 bits per heavy atom. The molecule has 0 aliphatic carbocycles. The van der Waals surface area contributed by atoms with Crippen LogP contribution < -0.4 is 10.1 Å². The monoisotopic (exact) mass is 328 g/mol. The zero-order valence-electron chi connectivity index (χ0n) is 11.7. The van der Waals surface area contributed by atoms with E-state index < -0.39 is 5.82 Å². The Morgan fingerprint density at radius 2 is 2.05 bits per heavy atom. The van der Waals surface area contributed by atoms with Gasteiger partial charge in [0.15, 0.2) is 0 Å². The number of anilines is 1. The Morgan fingerprint density at radius 1 is 1.29 bits per heavy atom. The van der Waals surface area contributed by atoms with Crippen molar-refractivity contribution >= 4 is 28.9 Å². The molecule has 0 aliphatic rings. The number of benzene rings is 1. The number of hydrogen-bond acceptors (Lipinski definition) is 3. The minimum absolute atomic E-state index is 0.0127. The van der Waals surface area contributed by atoms with Gasteiger partial charge in [0.05, 0.1) is 29.6 Å². The van der Waals surface area contributed by atoms with Crippen molar-refractivity contribution in [1.82, 2.24) is 4.98 Å². The van der Waals surface area contributed by atoms with Crippen LogP contribution in [0.4, 0.5) is 10.1 Å². The molecular formula is C15H15Cl2FN2O.